The molecule has 2 aromatic heterocycles. The second-order valence-electron chi connectivity index (χ2n) is 5.23. The Balaban J connectivity index is 1.72. The molecule has 0 bridgehead atoms. The van der Waals surface area contributed by atoms with E-state index in [2.05, 4.69) is 20.5 Å². The van der Waals surface area contributed by atoms with E-state index in [0.717, 1.165) is 24.3 Å². The van der Waals surface area contributed by atoms with Gasteiger partial charge >= 0.3 is 0 Å². The monoisotopic (exact) mass is 286 g/mol. The van der Waals surface area contributed by atoms with Gasteiger partial charge in [-0.25, -0.2) is 0 Å². The number of pyridine rings is 1. The Hall–Kier alpha value is -2.21. The van der Waals surface area contributed by atoms with Gasteiger partial charge < -0.3 is 10.1 Å². The molecule has 1 aliphatic heterocycles. The van der Waals surface area contributed by atoms with E-state index >= 15 is 0 Å². The number of carbonyl (C=O) groups excluding carboxylic acids is 1. The third-order valence-electron chi connectivity index (χ3n) is 3.81. The lowest BCUT2D eigenvalue weighted by molar-refractivity contribution is 0.0938. The molecule has 1 saturated heterocycles. The number of ether oxygens (including phenoxy) is 1. The summed E-state index contributed by atoms with van der Waals surface area (Å²) in [5.41, 5.74) is 2.49. The SMILES string of the molecule is CC(NC(=O)c1cn[nH]c1C1CCOC1)c1ccncc1. The third kappa shape index (κ3) is 2.95. The predicted molar refractivity (Wildman–Crippen MR) is 76.9 cm³/mol. The molecule has 0 aliphatic carbocycles. The van der Waals surface area contributed by atoms with Crippen molar-refractivity contribution in [2.75, 3.05) is 13.2 Å². The summed E-state index contributed by atoms with van der Waals surface area (Å²) in [5.74, 6) is 0.111. The molecule has 6 heteroatoms. The van der Waals surface area contributed by atoms with Crippen molar-refractivity contribution in [2.24, 2.45) is 0 Å². The first-order valence-electron chi connectivity index (χ1n) is 7.07. The van der Waals surface area contributed by atoms with Crippen molar-refractivity contribution in [2.45, 2.75) is 25.3 Å². The van der Waals surface area contributed by atoms with Crippen LogP contribution in [-0.4, -0.2) is 34.3 Å². The van der Waals surface area contributed by atoms with Gasteiger partial charge in [0.05, 0.1) is 30.1 Å². The molecular formula is C15H18N4O2. The van der Waals surface area contributed by atoms with Gasteiger partial charge in [0.25, 0.3) is 5.91 Å². The normalized spacial score (nSPS) is 19.4. The van der Waals surface area contributed by atoms with Crippen molar-refractivity contribution < 1.29 is 9.53 Å². The van der Waals surface area contributed by atoms with Crippen LogP contribution in [0.15, 0.2) is 30.7 Å². The molecule has 1 aliphatic rings. The van der Waals surface area contributed by atoms with Gasteiger partial charge in [-0.15, -0.1) is 0 Å². The summed E-state index contributed by atoms with van der Waals surface area (Å²) in [6.07, 6.45) is 5.94. The molecule has 110 valence electrons. The fraction of sp³-hybridized carbons (Fsp3) is 0.400. The first kappa shape index (κ1) is 13.8. The van der Waals surface area contributed by atoms with Crippen molar-refractivity contribution in [3.05, 3.63) is 47.5 Å². The third-order valence-corrected chi connectivity index (χ3v) is 3.81. The van der Waals surface area contributed by atoms with Crippen LogP contribution in [0.1, 0.15) is 46.9 Å². The fourth-order valence-electron chi connectivity index (χ4n) is 2.56. The van der Waals surface area contributed by atoms with Crippen LogP contribution in [0.5, 0.6) is 0 Å². The van der Waals surface area contributed by atoms with Crippen LogP contribution < -0.4 is 5.32 Å². The topological polar surface area (TPSA) is 79.9 Å². The molecule has 3 heterocycles. The predicted octanol–water partition coefficient (Wildman–Crippen LogP) is 1.80. The lowest BCUT2D eigenvalue weighted by Crippen LogP contribution is -2.27. The first-order chi connectivity index (χ1) is 10.3. The molecule has 0 aromatic carbocycles. The number of aromatic amines is 1. The molecule has 3 rings (SSSR count). The smallest absolute Gasteiger partial charge is 0.255 e. The highest BCUT2D eigenvalue weighted by Gasteiger charge is 2.25. The Morgan fingerprint density at radius 2 is 2.29 bits per heavy atom. The maximum absolute atomic E-state index is 12.4. The molecule has 0 spiro atoms. The number of hydrogen-bond acceptors (Lipinski definition) is 4. The quantitative estimate of drug-likeness (QED) is 0.898. The molecule has 0 saturated carbocycles. The van der Waals surface area contributed by atoms with Gasteiger partial charge in [-0.05, 0) is 31.0 Å². The Bertz CT molecular complexity index is 605. The number of carbonyl (C=O) groups is 1. The summed E-state index contributed by atoms with van der Waals surface area (Å²) in [4.78, 5) is 16.4. The van der Waals surface area contributed by atoms with Crippen LogP contribution >= 0.6 is 0 Å². The molecule has 2 atom stereocenters. The molecule has 0 radical (unpaired) electrons. The van der Waals surface area contributed by atoms with Crippen molar-refractivity contribution in [3.8, 4) is 0 Å². The summed E-state index contributed by atoms with van der Waals surface area (Å²) in [6, 6.07) is 3.71. The van der Waals surface area contributed by atoms with Crippen molar-refractivity contribution in [1.82, 2.24) is 20.5 Å². The lowest BCUT2D eigenvalue weighted by Gasteiger charge is -2.15. The number of aromatic nitrogens is 3. The van der Waals surface area contributed by atoms with E-state index in [9.17, 15) is 4.79 Å². The maximum atomic E-state index is 12.4. The Labute approximate surface area is 122 Å². The highest BCUT2D eigenvalue weighted by Crippen LogP contribution is 2.26. The summed E-state index contributed by atoms with van der Waals surface area (Å²) >= 11 is 0. The van der Waals surface area contributed by atoms with Gasteiger partial charge in [-0.3, -0.25) is 14.9 Å². The number of nitrogens with one attached hydrogen (secondary N) is 2. The van der Waals surface area contributed by atoms with E-state index in [1.165, 1.54) is 0 Å². The fourth-order valence-corrected chi connectivity index (χ4v) is 2.56. The second-order valence-corrected chi connectivity index (χ2v) is 5.23. The number of nitrogens with zero attached hydrogens (tertiary/aromatic N) is 2. The Morgan fingerprint density at radius 3 is 3.00 bits per heavy atom. The van der Waals surface area contributed by atoms with E-state index in [-0.39, 0.29) is 17.9 Å². The van der Waals surface area contributed by atoms with Crippen LogP contribution in [0.3, 0.4) is 0 Å². The first-order valence-corrected chi connectivity index (χ1v) is 7.07. The van der Waals surface area contributed by atoms with E-state index in [4.69, 9.17) is 4.74 Å². The average molecular weight is 286 g/mol. The van der Waals surface area contributed by atoms with Gasteiger partial charge in [0.1, 0.15) is 0 Å². The zero-order chi connectivity index (χ0) is 14.7. The number of rotatable bonds is 4. The van der Waals surface area contributed by atoms with E-state index in [0.29, 0.717) is 12.2 Å². The van der Waals surface area contributed by atoms with Gasteiger partial charge in [0.2, 0.25) is 0 Å². The van der Waals surface area contributed by atoms with Gasteiger partial charge in [0.15, 0.2) is 0 Å². The van der Waals surface area contributed by atoms with Crippen LogP contribution in [0.4, 0.5) is 0 Å². The minimum atomic E-state index is -0.116. The van der Waals surface area contributed by atoms with Crippen LogP contribution in [0, 0.1) is 0 Å². The number of H-pyrrole nitrogens is 1. The highest BCUT2D eigenvalue weighted by atomic mass is 16.5. The minimum Gasteiger partial charge on any atom is -0.381 e. The zero-order valence-electron chi connectivity index (χ0n) is 11.9. The number of hydrogen-bond donors (Lipinski definition) is 2. The molecule has 2 unspecified atom stereocenters. The standard InChI is InChI=1S/C15H18N4O2/c1-10(11-2-5-16-6-3-11)18-15(20)13-8-17-19-14(13)12-4-7-21-9-12/h2-3,5-6,8,10,12H,4,7,9H2,1H3,(H,17,19)(H,18,20). The second kappa shape index (κ2) is 6.05. The van der Waals surface area contributed by atoms with Crippen molar-refractivity contribution in [1.29, 1.82) is 0 Å². The van der Waals surface area contributed by atoms with Gasteiger partial charge in [0, 0.05) is 24.9 Å². The van der Waals surface area contributed by atoms with Gasteiger partial charge in [-0.1, -0.05) is 0 Å². The average Bonchev–Trinajstić information content (AvgIpc) is 3.18. The van der Waals surface area contributed by atoms with Gasteiger partial charge in [-0.2, -0.15) is 5.10 Å². The highest BCUT2D eigenvalue weighted by molar-refractivity contribution is 5.95. The molecule has 21 heavy (non-hydrogen) atoms. The van der Waals surface area contributed by atoms with E-state index in [1.807, 2.05) is 19.1 Å². The Kier molecular flexibility index (Phi) is 3.96. The zero-order valence-corrected chi connectivity index (χ0v) is 11.9. The van der Waals surface area contributed by atoms with E-state index < -0.39 is 0 Å². The van der Waals surface area contributed by atoms with Crippen molar-refractivity contribution >= 4 is 5.91 Å². The largest absolute Gasteiger partial charge is 0.381 e. The maximum Gasteiger partial charge on any atom is 0.255 e. The summed E-state index contributed by atoms with van der Waals surface area (Å²) in [5, 5.41) is 9.95. The minimum absolute atomic E-state index is 0.0805. The van der Waals surface area contributed by atoms with E-state index in [1.54, 1.807) is 18.6 Å². The van der Waals surface area contributed by atoms with Crippen molar-refractivity contribution in [3.63, 3.8) is 0 Å². The molecule has 1 amide bonds. The van der Waals surface area contributed by atoms with Crippen LogP contribution in [0.25, 0.3) is 0 Å². The molecular weight excluding hydrogens is 268 g/mol. The summed E-state index contributed by atoms with van der Waals surface area (Å²) in [7, 11) is 0. The lowest BCUT2D eigenvalue weighted by atomic mass is 10.0. The molecule has 6 nitrogen and oxygen atoms in total. The summed E-state index contributed by atoms with van der Waals surface area (Å²) in [6.45, 7) is 3.33. The number of amides is 1. The molecule has 1 fully saturated rings. The molecule has 2 N–H and O–H groups in total. The Morgan fingerprint density at radius 1 is 1.48 bits per heavy atom. The van der Waals surface area contributed by atoms with Crippen LogP contribution in [0.2, 0.25) is 0 Å². The molecule has 2 aromatic rings. The van der Waals surface area contributed by atoms with Crippen LogP contribution in [-0.2, 0) is 4.74 Å². The summed E-state index contributed by atoms with van der Waals surface area (Å²) < 4.78 is 5.38.